The van der Waals surface area contributed by atoms with Gasteiger partial charge < -0.3 is 12.4 Å². The van der Waals surface area contributed by atoms with Gasteiger partial charge in [0.15, 0.2) is 0 Å². The minimum atomic E-state index is -1.84. The van der Waals surface area contributed by atoms with E-state index < -0.39 is 7.26 Å². The lowest BCUT2D eigenvalue weighted by Gasteiger charge is -2.28. The Morgan fingerprint density at radius 1 is 0.581 bits per heavy atom. The van der Waals surface area contributed by atoms with E-state index in [9.17, 15) is 0 Å². The van der Waals surface area contributed by atoms with Crippen LogP contribution in [0.3, 0.4) is 0 Å². The van der Waals surface area contributed by atoms with Crippen LogP contribution in [0.1, 0.15) is 17.5 Å². The molecule has 0 saturated carbocycles. The lowest BCUT2D eigenvalue weighted by molar-refractivity contribution is -0.00000588. The smallest absolute Gasteiger partial charge is 0.116 e. The molecular formula is C29H28ClP. The molecule has 0 N–H and O–H groups in total. The highest BCUT2D eigenvalue weighted by Crippen LogP contribution is 2.58. The summed E-state index contributed by atoms with van der Waals surface area (Å²) in [5, 5.41) is 4.29. The summed E-state index contributed by atoms with van der Waals surface area (Å²) in [7, 11) is -1.84. The minimum absolute atomic E-state index is 0. The van der Waals surface area contributed by atoms with Gasteiger partial charge in [-0.15, -0.1) is 6.58 Å². The maximum absolute atomic E-state index is 3.88. The molecule has 31 heavy (non-hydrogen) atoms. The van der Waals surface area contributed by atoms with Crippen molar-refractivity contribution in [3.05, 3.63) is 139 Å². The van der Waals surface area contributed by atoms with Crippen LogP contribution < -0.4 is 28.3 Å². The molecular weight excluding hydrogens is 415 g/mol. The summed E-state index contributed by atoms with van der Waals surface area (Å²) in [6.07, 6.45) is 5.08. The zero-order chi connectivity index (χ0) is 20.7. The molecule has 4 aromatic carbocycles. The second kappa shape index (κ2) is 11.1. The zero-order valence-electron chi connectivity index (χ0n) is 17.7. The zero-order valence-corrected chi connectivity index (χ0v) is 19.4. The van der Waals surface area contributed by atoms with Crippen LogP contribution in [0.15, 0.2) is 128 Å². The first-order chi connectivity index (χ1) is 14.8. The van der Waals surface area contributed by atoms with Crippen molar-refractivity contribution >= 4 is 23.2 Å². The summed E-state index contributed by atoms with van der Waals surface area (Å²) in [5.41, 5.74) is 2.79. The predicted octanol–water partition coefficient (Wildman–Crippen LogP) is 3.30. The van der Waals surface area contributed by atoms with Gasteiger partial charge in [0.25, 0.3) is 0 Å². The quantitative estimate of drug-likeness (QED) is 0.290. The molecule has 0 aliphatic heterocycles. The SMILES string of the molecule is C=CCCc1cccc(C[P+](c2ccccc2)(c2ccccc2)c2ccccc2)c1.[Cl-]. The highest BCUT2D eigenvalue weighted by atomic mass is 35.5. The summed E-state index contributed by atoms with van der Waals surface area (Å²) >= 11 is 0. The number of allylic oxidation sites excluding steroid dienone is 1. The maximum Gasteiger partial charge on any atom is 0.116 e. The van der Waals surface area contributed by atoms with Crippen LogP contribution in [0.5, 0.6) is 0 Å². The van der Waals surface area contributed by atoms with Crippen molar-refractivity contribution in [1.82, 2.24) is 0 Å². The molecule has 0 unspecified atom stereocenters. The molecule has 0 saturated heterocycles. The maximum atomic E-state index is 3.88. The van der Waals surface area contributed by atoms with Gasteiger partial charge in [0.1, 0.15) is 23.2 Å². The molecule has 0 aromatic heterocycles. The number of rotatable bonds is 8. The first-order valence-corrected chi connectivity index (χ1v) is 12.5. The Morgan fingerprint density at radius 3 is 1.48 bits per heavy atom. The third kappa shape index (κ3) is 5.16. The number of hydrogen-bond acceptors (Lipinski definition) is 0. The van der Waals surface area contributed by atoms with Gasteiger partial charge in [-0.25, -0.2) is 0 Å². The average molecular weight is 443 g/mol. The molecule has 0 spiro atoms. The van der Waals surface area contributed by atoms with E-state index in [2.05, 4.69) is 122 Å². The van der Waals surface area contributed by atoms with Crippen LogP contribution in [0, 0.1) is 0 Å². The minimum Gasteiger partial charge on any atom is -1.00 e. The lowest BCUT2D eigenvalue weighted by Crippen LogP contribution is -3.00. The second-order valence-electron chi connectivity index (χ2n) is 7.62. The first-order valence-electron chi connectivity index (χ1n) is 10.6. The van der Waals surface area contributed by atoms with Crippen molar-refractivity contribution < 1.29 is 12.4 Å². The van der Waals surface area contributed by atoms with Crippen LogP contribution in [0.25, 0.3) is 0 Å². The fraction of sp³-hybridized carbons (Fsp3) is 0.103. The molecule has 0 nitrogen and oxygen atoms in total. The predicted molar refractivity (Wildman–Crippen MR) is 134 cm³/mol. The van der Waals surface area contributed by atoms with E-state index >= 15 is 0 Å². The van der Waals surface area contributed by atoms with Gasteiger partial charge in [0, 0.05) is 0 Å². The average Bonchev–Trinajstić information content (AvgIpc) is 2.83. The Kier molecular flexibility index (Phi) is 8.24. The molecule has 2 heteroatoms. The standard InChI is InChI=1S/C29H28P.ClH/c1-2-3-14-25-15-13-16-26(23-25)24-30(27-17-7-4-8-18-27,28-19-9-5-10-20-28)29-21-11-6-12-22-29;/h2,4-13,15-23H,1,3,14,24H2;1H/q+1;/p-1. The Bertz CT molecular complexity index is 979. The van der Waals surface area contributed by atoms with Gasteiger partial charge >= 0.3 is 0 Å². The van der Waals surface area contributed by atoms with Gasteiger partial charge in [-0.2, -0.15) is 0 Å². The van der Waals surface area contributed by atoms with E-state index in [1.165, 1.54) is 27.0 Å². The van der Waals surface area contributed by atoms with Crippen LogP contribution in [-0.2, 0) is 12.6 Å². The van der Waals surface area contributed by atoms with Crippen LogP contribution >= 0.6 is 7.26 Å². The van der Waals surface area contributed by atoms with Crippen LogP contribution in [-0.4, -0.2) is 0 Å². The second-order valence-corrected chi connectivity index (χ2v) is 11.1. The van der Waals surface area contributed by atoms with Crippen molar-refractivity contribution in [2.45, 2.75) is 19.0 Å². The molecule has 0 fully saturated rings. The van der Waals surface area contributed by atoms with Gasteiger partial charge in [0.05, 0.1) is 6.16 Å². The Hall–Kier alpha value is -2.66. The molecule has 0 bridgehead atoms. The molecule has 156 valence electrons. The molecule has 0 aliphatic rings. The van der Waals surface area contributed by atoms with E-state index in [4.69, 9.17) is 0 Å². The van der Waals surface area contributed by atoms with Crippen molar-refractivity contribution in [3.8, 4) is 0 Å². The summed E-state index contributed by atoms with van der Waals surface area (Å²) in [4.78, 5) is 0. The van der Waals surface area contributed by atoms with Crippen LogP contribution in [0.4, 0.5) is 0 Å². The highest BCUT2D eigenvalue weighted by molar-refractivity contribution is 7.95. The fourth-order valence-electron chi connectivity index (χ4n) is 4.19. The monoisotopic (exact) mass is 442 g/mol. The summed E-state index contributed by atoms with van der Waals surface area (Å²) in [6.45, 7) is 3.88. The first kappa shape index (κ1) is 23.0. The normalized spacial score (nSPS) is 10.8. The van der Waals surface area contributed by atoms with E-state index in [1.807, 2.05) is 6.08 Å². The van der Waals surface area contributed by atoms with Crippen molar-refractivity contribution in [2.24, 2.45) is 0 Å². The topological polar surface area (TPSA) is 0 Å². The third-order valence-electron chi connectivity index (χ3n) is 5.64. The molecule has 0 amide bonds. The largest absolute Gasteiger partial charge is 1.00 e. The summed E-state index contributed by atoms with van der Waals surface area (Å²) in [5.74, 6) is 0. The summed E-state index contributed by atoms with van der Waals surface area (Å²) in [6, 6.07) is 42.4. The molecule has 0 atom stereocenters. The van der Waals surface area contributed by atoms with Crippen molar-refractivity contribution in [2.75, 3.05) is 0 Å². The van der Waals surface area contributed by atoms with Crippen molar-refractivity contribution in [1.29, 1.82) is 0 Å². The molecule has 0 heterocycles. The highest BCUT2D eigenvalue weighted by Gasteiger charge is 2.45. The lowest BCUT2D eigenvalue weighted by atomic mass is 10.1. The van der Waals surface area contributed by atoms with E-state index in [-0.39, 0.29) is 12.4 Å². The summed E-state index contributed by atoms with van der Waals surface area (Å²) < 4.78 is 0. The molecule has 0 radical (unpaired) electrons. The Morgan fingerprint density at radius 2 is 1.03 bits per heavy atom. The van der Waals surface area contributed by atoms with Crippen LogP contribution in [0.2, 0.25) is 0 Å². The van der Waals surface area contributed by atoms with Gasteiger partial charge in [-0.1, -0.05) is 84.9 Å². The fourth-order valence-corrected chi connectivity index (χ4v) is 8.42. The molecule has 4 rings (SSSR count). The number of benzene rings is 4. The van der Waals surface area contributed by atoms with Gasteiger partial charge in [0.2, 0.25) is 0 Å². The molecule has 4 aromatic rings. The van der Waals surface area contributed by atoms with E-state index in [1.54, 1.807) is 0 Å². The Balaban J connectivity index is 0.00000272. The van der Waals surface area contributed by atoms with Crippen molar-refractivity contribution in [3.63, 3.8) is 0 Å². The number of halogens is 1. The van der Waals surface area contributed by atoms with Gasteiger partial charge in [-0.05, 0) is 60.4 Å². The van der Waals surface area contributed by atoms with E-state index in [0.29, 0.717) is 0 Å². The van der Waals surface area contributed by atoms with Gasteiger partial charge in [-0.3, -0.25) is 0 Å². The molecule has 0 aliphatic carbocycles. The third-order valence-corrected chi connectivity index (χ3v) is 10.0. The van der Waals surface area contributed by atoms with E-state index in [0.717, 1.165) is 19.0 Å². The number of hydrogen-bond donors (Lipinski definition) is 0. The number of aryl methyl sites for hydroxylation is 1. The Labute approximate surface area is 193 Å².